The van der Waals surface area contributed by atoms with Crippen molar-refractivity contribution >= 4 is 88.9 Å². The lowest BCUT2D eigenvalue weighted by atomic mass is 9.85. The highest BCUT2D eigenvalue weighted by Gasteiger charge is 2.40. The maximum absolute atomic E-state index is 14.1. The number of alkyl carbamates (subject to hydrolysis) is 1. The van der Waals surface area contributed by atoms with Crippen LogP contribution in [0.2, 0.25) is 0 Å². The Morgan fingerprint density at radius 2 is 0.770 bits per heavy atom. The summed E-state index contributed by atoms with van der Waals surface area (Å²) < 4.78 is 17.2. The number of benzene rings is 4. The van der Waals surface area contributed by atoms with E-state index in [4.69, 9.17) is 19.9 Å². The molecule has 0 fully saturated rings. The zero-order chi connectivity index (χ0) is 102. The molecule has 0 heterocycles. The zero-order valence-corrected chi connectivity index (χ0v) is 84.4. The number of carbonyl (C=O) groups is 15. The number of esters is 2. The standard InChI is InChI=1S/C60H84N6O10.C44H72N6O9/c1-14-37(5)53(64-55(69)41(9)62-60(74)75-35-49-47-30-21-19-28-45(47)46-29-20-22-31-48(46)49)39(7)24-23-25-40(8)59(73)76-51(32-36(3)4)56(70)61-42(10)57(71)66(13)50(33-44-26-17-16-18-27-44)58(72)65(12)34-52(68)63-54(43(11)67)38(6)15-2;1-13-27(5)37(48-39(52)31(9)45)29(7)19-18-20-30(8)44(58)59-35(23-26(3)4)40(53)46-32(10)41(54)50(12)34(24-33-21-16-15-17-22-33)42(55)49(11)25-36(51)47-38(43(56)57)28(6)14-2/h16-22,25-31,36-39,41-42,49-51,53-54H,14-15,23-24,32-35H2,1-13H3,(H,61,70)(H,62,74)(H,63,68)(H,64,69);15-17,20-22,26-29,31-32,34-35,37-38H,13-14,18-19,23-25,45H2,1-12H3,(H,46,53)(H,47,51)(H,48,52)(H,56,57)/b40-25+;30-20+/t37?,38?,39-,41?,42+,50?,51+,53+,54-;27?,28?,29-,31?,32+,34?,35+,37+,38-/m00/s1. The number of amides is 11. The molecule has 0 saturated carbocycles. The number of carboxylic acid groups (broad SMARTS) is 1. The molecule has 11 amide bonds. The van der Waals surface area contributed by atoms with E-state index in [0.29, 0.717) is 49.7 Å². The van der Waals surface area contributed by atoms with E-state index in [1.165, 1.54) is 63.7 Å². The molecule has 0 aromatic heterocycles. The van der Waals surface area contributed by atoms with Crippen LogP contribution in [0.5, 0.6) is 0 Å². The lowest BCUT2D eigenvalue weighted by Gasteiger charge is -2.33. The van der Waals surface area contributed by atoms with Crippen LogP contribution in [0, 0.1) is 47.3 Å². The van der Waals surface area contributed by atoms with Crippen LogP contribution in [0.1, 0.15) is 238 Å². The summed E-state index contributed by atoms with van der Waals surface area (Å²) in [6, 6.07) is 26.2. The summed E-state index contributed by atoms with van der Waals surface area (Å²) in [5.41, 5.74) is 12.3. The summed E-state index contributed by atoms with van der Waals surface area (Å²) in [6.07, 6.45) is 6.09. The number of carbonyl (C=O) groups excluding carboxylic acids is 14. The molecule has 5 rings (SSSR count). The molecular formula is C104H156N12O19. The molecule has 0 aliphatic heterocycles. The van der Waals surface area contributed by atoms with E-state index in [1.54, 1.807) is 71.0 Å². The predicted octanol–water partition coefficient (Wildman–Crippen LogP) is 11.8. The minimum atomic E-state index is -1.23. The normalized spacial score (nSPS) is 15.9. The molecule has 18 atom stereocenters. The Balaban J connectivity index is 0.000000584. The van der Waals surface area contributed by atoms with Crippen molar-refractivity contribution in [1.82, 2.24) is 56.8 Å². The number of ketones is 1. The first-order valence-corrected chi connectivity index (χ1v) is 47.8. The van der Waals surface area contributed by atoms with Crippen molar-refractivity contribution in [1.29, 1.82) is 0 Å². The van der Waals surface area contributed by atoms with Crippen molar-refractivity contribution in [2.24, 2.45) is 53.1 Å². The number of allylic oxidation sites excluding steroid dienone is 2. The molecule has 31 heteroatoms. The van der Waals surface area contributed by atoms with Crippen molar-refractivity contribution < 1.29 is 91.2 Å². The fourth-order valence-corrected chi connectivity index (χ4v) is 16.2. The first-order chi connectivity index (χ1) is 63.5. The Bertz CT molecular complexity index is 4610. The fourth-order valence-electron chi connectivity index (χ4n) is 16.2. The van der Waals surface area contributed by atoms with Crippen LogP contribution in [-0.2, 0) is 94.2 Å². The van der Waals surface area contributed by atoms with Gasteiger partial charge in [-0.25, -0.2) is 19.2 Å². The Morgan fingerprint density at radius 3 is 1.13 bits per heavy atom. The van der Waals surface area contributed by atoms with Crippen LogP contribution in [-0.4, -0.2) is 234 Å². The number of likely N-dealkylation sites (N-methyl/N-ethyl adjacent to an activating group) is 4. The van der Waals surface area contributed by atoms with E-state index in [-0.39, 0.29) is 122 Å². The monoisotopic (exact) mass is 1880 g/mol. The van der Waals surface area contributed by atoms with Crippen molar-refractivity contribution in [3.63, 3.8) is 0 Å². The van der Waals surface area contributed by atoms with E-state index < -0.39 is 138 Å². The molecule has 0 bridgehead atoms. The van der Waals surface area contributed by atoms with E-state index in [2.05, 4.69) is 70.1 Å². The molecule has 8 unspecified atom stereocenters. The molecule has 31 nitrogen and oxygen atoms in total. The van der Waals surface area contributed by atoms with Crippen LogP contribution >= 0.6 is 0 Å². The molecule has 0 radical (unpaired) electrons. The van der Waals surface area contributed by atoms with Gasteiger partial charge in [0.2, 0.25) is 47.3 Å². The molecule has 135 heavy (non-hydrogen) atoms. The number of fused-ring (bicyclic) bond motifs is 3. The average Bonchev–Trinajstić information content (AvgIpc) is 1.61. The number of nitrogens with two attached hydrogens (primary N) is 1. The van der Waals surface area contributed by atoms with Gasteiger partial charge in [0, 0.05) is 70.2 Å². The van der Waals surface area contributed by atoms with Crippen LogP contribution in [0.3, 0.4) is 0 Å². The first kappa shape index (κ1) is 116. The van der Waals surface area contributed by atoms with E-state index in [0.717, 1.165) is 51.1 Å². The predicted molar refractivity (Wildman–Crippen MR) is 522 cm³/mol. The Labute approximate surface area is 800 Å². The van der Waals surface area contributed by atoms with Gasteiger partial charge in [-0.3, -0.25) is 52.7 Å². The maximum atomic E-state index is 14.1. The highest BCUT2D eigenvalue weighted by atomic mass is 16.6. The molecule has 1 aliphatic rings. The summed E-state index contributed by atoms with van der Waals surface area (Å²) >= 11 is 0. The highest BCUT2D eigenvalue weighted by Crippen LogP contribution is 2.45. The van der Waals surface area contributed by atoms with Gasteiger partial charge >= 0.3 is 24.0 Å². The number of Topliss-reactive ketones (excluding diaryl/α,β-unsaturated/α-hetero) is 1. The molecule has 10 N–H and O–H groups in total. The largest absolute Gasteiger partial charge is 0.480 e. The van der Waals surface area contributed by atoms with E-state index in [9.17, 15) is 77.0 Å². The smallest absolute Gasteiger partial charge is 0.407 e. The van der Waals surface area contributed by atoms with Crippen molar-refractivity contribution in [2.75, 3.05) is 47.9 Å². The summed E-state index contributed by atoms with van der Waals surface area (Å²) in [5.74, 6) is -8.36. The molecule has 1 aliphatic carbocycles. The third-order valence-electron chi connectivity index (χ3n) is 25.6. The van der Waals surface area contributed by atoms with Gasteiger partial charge in [-0.1, -0.05) is 244 Å². The summed E-state index contributed by atoms with van der Waals surface area (Å²) in [6.45, 7) is 37.3. The van der Waals surface area contributed by atoms with Gasteiger partial charge in [0.05, 0.1) is 25.2 Å². The van der Waals surface area contributed by atoms with Gasteiger partial charge < -0.3 is 81.9 Å². The minimum absolute atomic E-state index is 0.0281. The topological polar surface area (TPSA) is 427 Å². The van der Waals surface area contributed by atoms with E-state index in [1.807, 2.05) is 142 Å². The molecule has 746 valence electrons. The third kappa shape index (κ3) is 36.8. The molecule has 0 spiro atoms. The van der Waals surface area contributed by atoms with Crippen LogP contribution in [0.4, 0.5) is 4.79 Å². The van der Waals surface area contributed by atoms with Gasteiger partial charge in [0.15, 0.2) is 18.0 Å². The van der Waals surface area contributed by atoms with Crippen LogP contribution in [0.25, 0.3) is 11.1 Å². The van der Waals surface area contributed by atoms with Crippen LogP contribution in [0.15, 0.2) is 132 Å². The second-order valence-corrected chi connectivity index (χ2v) is 37.7. The molecular weight excluding hydrogens is 1720 g/mol. The van der Waals surface area contributed by atoms with Gasteiger partial charge in [0.25, 0.3) is 11.8 Å². The summed E-state index contributed by atoms with van der Waals surface area (Å²) in [7, 11) is 5.76. The van der Waals surface area contributed by atoms with Crippen molar-refractivity contribution in [2.45, 2.75) is 301 Å². The minimum Gasteiger partial charge on any atom is -0.480 e. The Hall–Kier alpha value is -11.6. The van der Waals surface area contributed by atoms with Gasteiger partial charge in [-0.05, 0) is 168 Å². The Kier molecular flexibility index (Phi) is 49.1. The zero-order valence-electron chi connectivity index (χ0n) is 84.4. The van der Waals surface area contributed by atoms with Crippen molar-refractivity contribution in [3.05, 3.63) is 155 Å². The number of hydrogen-bond acceptors (Lipinski definition) is 19. The second kappa shape index (κ2) is 57.3. The molecule has 4 aromatic rings. The lowest BCUT2D eigenvalue weighted by Crippen LogP contribution is -2.56. The average molecular weight is 1880 g/mol. The van der Waals surface area contributed by atoms with Gasteiger partial charge in [-0.2, -0.15) is 0 Å². The molecule has 4 aromatic carbocycles. The number of nitrogens with zero attached hydrogens (tertiary/aromatic N) is 4. The number of ether oxygens (including phenoxy) is 3. The lowest BCUT2D eigenvalue weighted by molar-refractivity contribution is -0.154. The fraction of sp³-hybridized carbons (Fsp3) is 0.587. The number of nitrogens with one attached hydrogen (secondary N) is 7. The SMILES string of the molecule is CCC(C)[C@H](NC(=O)CN(C)C(=O)C(Cc1ccccc1)N(C)C(=O)[C@@H](C)NC(=O)[C@@H](CC(C)C)OC(=O)/C(C)=C/CC[C@H](C)[C@H](NC(=O)C(C)N)C(C)CC)C(=O)O.CCC(C)[C@H](NC(=O)CN(C)C(=O)C(Cc1ccccc1)N(C)C(=O)[C@@H](C)NC(=O)[C@@H](CC(C)C)OC(=O)/C(C)=C/CC[C@H](C)[C@H](NC(=O)C(C)NC(=O)OCC1c2ccccc2-c2ccccc21)C(C)CC)C(C)=O. The number of aliphatic carboxylic acids is 1. The van der Waals surface area contributed by atoms with Gasteiger partial charge in [0.1, 0.15) is 42.9 Å². The van der Waals surface area contributed by atoms with Gasteiger partial charge in [-0.15, -0.1) is 0 Å². The molecule has 0 saturated heterocycles. The number of rotatable bonds is 53. The number of carboxylic acids is 1. The third-order valence-corrected chi connectivity index (χ3v) is 25.6. The number of hydrogen-bond donors (Lipinski definition) is 9. The highest BCUT2D eigenvalue weighted by molar-refractivity contribution is 5.98. The summed E-state index contributed by atoms with van der Waals surface area (Å²) in [5, 5.41) is 29.2. The first-order valence-electron chi connectivity index (χ1n) is 47.8. The van der Waals surface area contributed by atoms with Crippen LogP contribution < -0.4 is 43.0 Å². The summed E-state index contributed by atoms with van der Waals surface area (Å²) in [4.78, 5) is 204. The quantitative estimate of drug-likeness (QED) is 0.0113. The Morgan fingerprint density at radius 1 is 0.415 bits per heavy atom. The second-order valence-electron chi connectivity index (χ2n) is 37.7. The van der Waals surface area contributed by atoms with E-state index >= 15 is 0 Å². The maximum Gasteiger partial charge on any atom is 0.407 e. The van der Waals surface area contributed by atoms with Crippen molar-refractivity contribution in [3.8, 4) is 11.1 Å².